The van der Waals surface area contributed by atoms with Crippen LogP contribution >= 0.6 is 31.9 Å². The van der Waals surface area contributed by atoms with Gasteiger partial charge in [0.2, 0.25) is 0 Å². The van der Waals surface area contributed by atoms with Crippen LogP contribution in [-0.2, 0) is 0 Å². The molecule has 0 amide bonds. The van der Waals surface area contributed by atoms with Crippen LogP contribution < -0.4 is 0 Å². The third-order valence-corrected chi connectivity index (χ3v) is 2.90. The van der Waals surface area contributed by atoms with Gasteiger partial charge in [-0.05, 0) is 44.8 Å². The molecular weight excluding hydrogens is 318 g/mol. The summed E-state index contributed by atoms with van der Waals surface area (Å²) >= 11 is 6.14. The van der Waals surface area contributed by atoms with E-state index in [4.69, 9.17) is 0 Å². The van der Waals surface area contributed by atoms with Crippen LogP contribution in [0.2, 0.25) is 0 Å². The maximum atomic E-state index is 11.1. The molecule has 0 aromatic heterocycles. The number of halogens is 2. The summed E-state index contributed by atoms with van der Waals surface area (Å²) in [6.45, 7) is 1.40. The van der Waals surface area contributed by atoms with Gasteiger partial charge in [0.05, 0.1) is 9.40 Å². The molecule has 0 atom stereocenters. The zero-order valence-electron chi connectivity index (χ0n) is 7.08. The molecule has 0 saturated carbocycles. The standard InChI is InChI=1S/C8H5Br2NO3/c1-4(12)5-2-7(10)8(11(13)14)3-6(5)9/h2-3H,1H3. The van der Waals surface area contributed by atoms with Gasteiger partial charge >= 0.3 is 0 Å². The minimum Gasteiger partial charge on any atom is -0.294 e. The van der Waals surface area contributed by atoms with Crippen molar-refractivity contribution in [2.24, 2.45) is 0 Å². The van der Waals surface area contributed by atoms with Gasteiger partial charge in [-0.2, -0.15) is 0 Å². The summed E-state index contributed by atoms with van der Waals surface area (Å²) in [5.41, 5.74) is 0.351. The third kappa shape index (κ3) is 2.19. The largest absolute Gasteiger partial charge is 0.294 e. The van der Waals surface area contributed by atoms with Gasteiger partial charge in [-0.3, -0.25) is 14.9 Å². The first kappa shape index (κ1) is 11.3. The molecule has 0 aliphatic heterocycles. The first-order valence-corrected chi connectivity index (χ1v) is 5.16. The second-order valence-electron chi connectivity index (χ2n) is 2.60. The topological polar surface area (TPSA) is 60.2 Å². The van der Waals surface area contributed by atoms with Crippen LogP contribution in [-0.4, -0.2) is 10.7 Å². The summed E-state index contributed by atoms with van der Waals surface area (Å²) < 4.78 is 0.732. The Bertz CT molecular complexity index is 378. The first-order valence-electron chi connectivity index (χ1n) is 3.58. The molecule has 0 unspecified atom stereocenters. The highest BCUT2D eigenvalue weighted by Crippen LogP contribution is 2.31. The number of Topliss-reactive ketones (excluding diaryl/α,β-unsaturated/α-hetero) is 1. The molecular formula is C8H5Br2NO3. The zero-order valence-corrected chi connectivity index (χ0v) is 10.3. The van der Waals surface area contributed by atoms with E-state index >= 15 is 0 Å². The lowest BCUT2D eigenvalue weighted by atomic mass is 10.1. The predicted octanol–water partition coefficient (Wildman–Crippen LogP) is 3.32. The molecule has 74 valence electrons. The van der Waals surface area contributed by atoms with Gasteiger partial charge in [0.1, 0.15) is 0 Å². The van der Waals surface area contributed by atoms with Crippen molar-refractivity contribution in [3.8, 4) is 0 Å². The Balaban J connectivity index is 3.38. The number of hydrogen-bond acceptors (Lipinski definition) is 3. The molecule has 4 nitrogen and oxygen atoms in total. The van der Waals surface area contributed by atoms with Crippen LogP contribution in [0.3, 0.4) is 0 Å². The van der Waals surface area contributed by atoms with Gasteiger partial charge in [0.15, 0.2) is 5.78 Å². The third-order valence-electron chi connectivity index (χ3n) is 1.61. The molecule has 0 aliphatic rings. The van der Waals surface area contributed by atoms with Gasteiger partial charge in [-0.25, -0.2) is 0 Å². The molecule has 0 saturated heterocycles. The van der Waals surface area contributed by atoms with Crippen LogP contribution in [0.4, 0.5) is 5.69 Å². The maximum absolute atomic E-state index is 11.1. The molecule has 6 heteroatoms. The van der Waals surface area contributed by atoms with Crippen LogP contribution in [0.25, 0.3) is 0 Å². The molecule has 1 rings (SSSR count). The second-order valence-corrected chi connectivity index (χ2v) is 4.31. The maximum Gasteiger partial charge on any atom is 0.284 e. The Morgan fingerprint density at radius 2 is 1.93 bits per heavy atom. The van der Waals surface area contributed by atoms with E-state index in [0.717, 1.165) is 0 Å². The number of nitro groups is 1. The smallest absolute Gasteiger partial charge is 0.284 e. The van der Waals surface area contributed by atoms with E-state index < -0.39 is 4.92 Å². The van der Waals surface area contributed by atoms with Crippen LogP contribution in [0, 0.1) is 10.1 Å². The van der Waals surface area contributed by atoms with E-state index in [9.17, 15) is 14.9 Å². The van der Waals surface area contributed by atoms with Crippen LogP contribution in [0.1, 0.15) is 17.3 Å². The van der Waals surface area contributed by atoms with E-state index in [1.54, 1.807) is 0 Å². The monoisotopic (exact) mass is 321 g/mol. The summed E-state index contributed by atoms with van der Waals surface area (Å²) in [5, 5.41) is 10.5. The minimum atomic E-state index is -0.515. The van der Waals surface area contributed by atoms with Crippen molar-refractivity contribution in [1.29, 1.82) is 0 Å². The van der Waals surface area contributed by atoms with Crippen molar-refractivity contribution in [2.45, 2.75) is 6.92 Å². The number of hydrogen-bond donors (Lipinski definition) is 0. The van der Waals surface area contributed by atoms with Crippen molar-refractivity contribution in [2.75, 3.05) is 0 Å². The van der Waals surface area contributed by atoms with Crippen LogP contribution in [0.15, 0.2) is 21.1 Å². The number of nitrogens with zero attached hydrogens (tertiary/aromatic N) is 1. The van der Waals surface area contributed by atoms with Crippen LogP contribution in [0.5, 0.6) is 0 Å². The van der Waals surface area contributed by atoms with E-state index in [-0.39, 0.29) is 11.5 Å². The minimum absolute atomic E-state index is 0.0677. The van der Waals surface area contributed by atoms with E-state index in [1.165, 1.54) is 19.1 Å². The summed E-state index contributed by atoms with van der Waals surface area (Å²) in [6, 6.07) is 2.74. The molecule has 0 bridgehead atoms. The van der Waals surface area contributed by atoms with Gasteiger partial charge < -0.3 is 0 Å². The summed E-state index contributed by atoms with van der Waals surface area (Å²) in [4.78, 5) is 21.1. The molecule has 0 aliphatic carbocycles. The molecule has 1 aromatic rings. The summed E-state index contributed by atoms with van der Waals surface area (Å²) in [7, 11) is 0. The molecule has 0 spiro atoms. The van der Waals surface area contributed by atoms with E-state index in [2.05, 4.69) is 31.9 Å². The lowest BCUT2D eigenvalue weighted by molar-refractivity contribution is -0.385. The molecule has 0 fully saturated rings. The first-order chi connectivity index (χ1) is 6.43. The molecule has 0 N–H and O–H groups in total. The fourth-order valence-corrected chi connectivity index (χ4v) is 2.04. The van der Waals surface area contributed by atoms with Crippen molar-refractivity contribution >= 4 is 43.3 Å². The van der Waals surface area contributed by atoms with Gasteiger partial charge in [0.25, 0.3) is 5.69 Å². The Morgan fingerprint density at radius 3 is 2.36 bits per heavy atom. The second kappa shape index (κ2) is 4.18. The lowest BCUT2D eigenvalue weighted by Gasteiger charge is -2.01. The molecule has 14 heavy (non-hydrogen) atoms. The molecule has 0 heterocycles. The van der Waals surface area contributed by atoms with E-state index in [0.29, 0.717) is 14.5 Å². The number of rotatable bonds is 2. The van der Waals surface area contributed by atoms with Gasteiger partial charge in [-0.15, -0.1) is 0 Å². The Hall–Kier alpha value is -0.750. The predicted molar refractivity (Wildman–Crippen MR) is 58.5 cm³/mol. The fourth-order valence-electron chi connectivity index (χ4n) is 0.946. The average Bonchev–Trinajstić information content (AvgIpc) is 2.07. The van der Waals surface area contributed by atoms with Crippen molar-refractivity contribution < 1.29 is 9.72 Å². The Kier molecular flexibility index (Phi) is 3.38. The highest BCUT2D eigenvalue weighted by atomic mass is 79.9. The summed E-state index contributed by atoms with van der Waals surface area (Å²) in [5.74, 6) is -0.146. The van der Waals surface area contributed by atoms with Crippen molar-refractivity contribution in [1.82, 2.24) is 0 Å². The fraction of sp³-hybridized carbons (Fsp3) is 0.125. The zero-order chi connectivity index (χ0) is 10.9. The van der Waals surface area contributed by atoms with E-state index in [1.807, 2.05) is 0 Å². The number of benzene rings is 1. The number of nitro benzene ring substituents is 1. The van der Waals surface area contributed by atoms with Gasteiger partial charge in [-0.1, -0.05) is 0 Å². The highest BCUT2D eigenvalue weighted by Gasteiger charge is 2.16. The average molecular weight is 323 g/mol. The number of ketones is 1. The molecule has 0 radical (unpaired) electrons. The number of carbonyl (C=O) groups is 1. The Morgan fingerprint density at radius 1 is 1.36 bits per heavy atom. The SMILES string of the molecule is CC(=O)c1cc(Br)c([N+](=O)[O-])cc1Br. The van der Waals surface area contributed by atoms with Crippen molar-refractivity contribution in [3.63, 3.8) is 0 Å². The normalized spacial score (nSPS) is 9.93. The molecule has 1 aromatic carbocycles. The Labute approximate surface area is 96.7 Å². The summed E-state index contributed by atoms with van der Waals surface area (Å²) in [6.07, 6.45) is 0. The highest BCUT2D eigenvalue weighted by molar-refractivity contribution is 9.11. The van der Waals surface area contributed by atoms with Gasteiger partial charge in [0, 0.05) is 16.1 Å². The lowest BCUT2D eigenvalue weighted by Crippen LogP contribution is -1.97. The number of carbonyl (C=O) groups excluding carboxylic acids is 1. The van der Waals surface area contributed by atoms with Crippen molar-refractivity contribution in [3.05, 3.63) is 36.8 Å². The quantitative estimate of drug-likeness (QED) is 0.476.